The molecule has 0 aliphatic carbocycles. The van der Waals surface area contributed by atoms with E-state index in [1.165, 1.54) is 0 Å². The monoisotopic (exact) mass is 236 g/mol. The van der Waals surface area contributed by atoms with Gasteiger partial charge < -0.3 is 29.9 Å². The molecule has 1 aliphatic rings. The molecule has 0 aromatic carbocycles. The van der Waals surface area contributed by atoms with Gasteiger partial charge in [-0.15, -0.1) is 0 Å². The lowest BCUT2D eigenvalue weighted by molar-refractivity contribution is -0.320. The first-order valence-corrected chi connectivity index (χ1v) is 5.24. The molecule has 0 aromatic rings. The highest BCUT2D eigenvalue weighted by atomic mass is 16.7. The Kier molecular flexibility index (Phi) is 4.28. The van der Waals surface area contributed by atoms with Crippen LogP contribution in [0.25, 0.3) is 0 Å². The molecule has 0 spiro atoms. The Balaban J connectivity index is 2.71. The molecule has 0 radical (unpaired) electrons. The first-order chi connectivity index (χ1) is 7.26. The Morgan fingerprint density at radius 1 is 1.06 bits per heavy atom. The zero-order chi connectivity index (χ0) is 12.5. The van der Waals surface area contributed by atoms with E-state index in [4.69, 9.17) is 14.6 Å². The van der Waals surface area contributed by atoms with Gasteiger partial charge in [-0.3, -0.25) is 0 Å². The third-order valence-electron chi connectivity index (χ3n) is 2.32. The van der Waals surface area contributed by atoms with Crippen LogP contribution in [0.15, 0.2) is 0 Å². The number of ether oxygens (including phenoxy) is 2. The normalized spacial score (nSPS) is 41.1. The minimum absolute atomic E-state index is 0.449. The van der Waals surface area contributed by atoms with Gasteiger partial charge in [0.25, 0.3) is 0 Å². The molecule has 6 heteroatoms. The van der Waals surface area contributed by atoms with Crippen LogP contribution in [-0.2, 0) is 9.47 Å². The first-order valence-electron chi connectivity index (χ1n) is 5.24. The van der Waals surface area contributed by atoms with Crippen LogP contribution in [0.4, 0.5) is 0 Å². The van der Waals surface area contributed by atoms with Crippen molar-refractivity contribution < 1.29 is 29.9 Å². The summed E-state index contributed by atoms with van der Waals surface area (Å²) >= 11 is 0. The molecule has 6 nitrogen and oxygen atoms in total. The summed E-state index contributed by atoms with van der Waals surface area (Å²) in [4.78, 5) is 0. The number of aliphatic hydroxyl groups is 4. The topological polar surface area (TPSA) is 99.4 Å². The smallest absolute Gasteiger partial charge is 0.187 e. The van der Waals surface area contributed by atoms with Crippen LogP contribution < -0.4 is 0 Å². The highest BCUT2D eigenvalue weighted by molar-refractivity contribution is 4.89. The Morgan fingerprint density at radius 3 is 2.06 bits per heavy atom. The second-order valence-corrected chi connectivity index (χ2v) is 4.93. The lowest BCUT2D eigenvalue weighted by atomic mass is 9.99. The zero-order valence-electron chi connectivity index (χ0n) is 9.70. The van der Waals surface area contributed by atoms with Gasteiger partial charge in [0.05, 0.1) is 12.2 Å². The van der Waals surface area contributed by atoms with Gasteiger partial charge in [0.1, 0.15) is 24.4 Å². The van der Waals surface area contributed by atoms with Crippen LogP contribution in [0.5, 0.6) is 0 Å². The van der Waals surface area contributed by atoms with Crippen molar-refractivity contribution in [3.05, 3.63) is 0 Å². The Labute approximate surface area is 94.4 Å². The fraction of sp³-hybridized carbons (Fsp3) is 1.00. The Morgan fingerprint density at radius 2 is 1.62 bits per heavy atom. The van der Waals surface area contributed by atoms with E-state index in [-0.39, 0.29) is 0 Å². The van der Waals surface area contributed by atoms with Crippen LogP contribution in [0.3, 0.4) is 0 Å². The largest absolute Gasteiger partial charge is 0.394 e. The molecular weight excluding hydrogens is 216 g/mol. The zero-order valence-corrected chi connectivity index (χ0v) is 9.70. The molecule has 0 aromatic heterocycles. The maximum absolute atomic E-state index is 9.64. The van der Waals surface area contributed by atoms with E-state index in [2.05, 4.69) is 0 Å². The van der Waals surface area contributed by atoms with Gasteiger partial charge in [0, 0.05) is 0 Å². The van der Waals surface area contributed by atoms with Crippen LogP contribution in [0, 0.1) is 0 Å². The molecule has 16 heavy (non-hydrogen) atoms. The van der Waals surface area contributed by atoms with Crippen LogP contribution in [0.1, 0.15) is 20.8 Å². The van der Waals surface area contributed by atoms with Crippen molar-refractivity contribution in [2.45, 2.75) is 57.1 Å². The number of rotatable bonds is 2. The molecule has 1 saturated heterocycles. The maximum atomic E-state index is 9.64. The average Bonchev–Trinajstić information content (AvgIpc) is 2.17. The maximum Gasteiger partial charge on any atom is 0.187 e. The molecule has 4 N–H and O–H groups in total. The summed E-state index contributed by atoms with van der Waals surface area (Å²) in [5, 5.41) is 37.6. The summed E-state index contributed by atoms with van der Waals surface area (Å²) in [5.74, 6) is 0. The lowest BCUT2D eigenvalue weighted by Crippen LogP contribution is -2.60. The summed E-state index contributed by atoms with van der Waals surface area (Å²) in [6, 6.07) is 0. The molecule has 1 rings (SSSR count). The van der Waals surface area contributed by atoms with Crippen molar-refractivity contribution in [2.75, 3.05) is 6.61 Å². The summed E-state index contributed by atoms with van der Waals surface area (Å²) in [7, 11) is 0. The molecule has 0 amide bonds. The SMILES string of the molecule is CC(C)(C)O[C@@H]1O[C@H](CO)[C@H](O)[C@H](O)[C@H]1O. The van der Waals surface area contributed by atoms with E-state index in [1.54, 1.807) is 20.8 Å². The number of hydrogen-bond donors (Lipinski definition) is 4. The van der Waals surface area contributed by atoms with Crippen molar-refractivity contribution >= 4 is 0 Å². The van der Waals surface area contributed by atoms with Crippen molar-refractivity contribution in [2.24, 2.45) is 0 Å². The third kappa shape index (κ3) is 3.13. The quantitative estimate of drug-likeness (QED) is 0.471. The fourth-order valence-corrected chi connectivity index (χ4v) is 1.51. The van der Waals surface area contributed by atoms with Crippen LogP contribution >= 0.6 is 0 Å². The Hall–Kier alpha value is -0.240. The van der Waals surface area contributed by atoms with Crippen molar-refractivity contribution in [3.63, 3.8) is 0 Å². The van der Waals surface area contributed by atoms with Crippen molar-refractivity contribution in [1.82, 2.24) is 0 Å². The van der Waals surface area contributed by atoms with E-state index in [0.717, 1.165) is 0 Å². The predicted molar refractivity (Wildman–Crippen MR) is 54.6 cm³/mol. The van der Waals surface area contributed by atoms with E-state index < -0.39 is 42.9 Å². The van der Waals surface area contributed by atoms with E-state index in [0.29, 0.717) is 0 Å². The highest BCUT2D eigenvalue weighted by Gasteiger charge is 2.45. The number of aliphatic hydroxyl groups excluding tert-OH is 4. The van der Waals surface area contributed by atoms with Gasteiger partial charge in [0.15, 0.2) is 6.29 Å². The minimum Gasteiger partial charge on any atom is -0.394 e. The van der Waals surface area contributed by atoms with Gasteiger partial charge >= 0.3 is 0 Å². The van der Waals surface area contributed by atoms with Gasteiger partial charge in [-0.05, 0) is 20.8 Å². The first kappa shape index (κ1) is 13.8. The molecule has 1 heterocycles. The van der Waals surface area contributed by atoms with E-state index in [9.17, 15) is 15.3 Å². The molecule has 1 aliphatic heterocycles. The summed E-state index contributed by atoms with van der Waals surface area (Å²) in [6.07, 6.45) is -6.06. The number of hydrogen-bond acceptors (Lipinski definition) is 6. The van der Waals surface area contributed by atoms with E-state index >= 15 is 0 Å². The fourth-order valence-electron chi connectivity index (χ4n) is 1.51. The molecule has 0 saturated carbocycles. The second-order valence-electron chi connectivity index (χ2n) is 4.93. The average molecular weight is 236 g/mol. The van der Waals surface area contributed by atoms with Crippen LogP contribution in [0.2, 0.25) is 0 Å². The Bertz CT molecular complexity index is 224. The van der Waals surface area contributed by atoms with Gasteiger partial charge in [0.2, 0.25) is 0 Å². The third-order valence-corrected chi connectivity index (χ3v) is 2.32. The van der Waals surface area contributed by atoms with Gasteiger partial charge in [-0.25, -0.2) is 0 Å². The molecule has 0 unspecified atom stereocenters. The minimum atomic E-state index is -1.39. The molecule has 5 atom stereocenters. The molecule has 1 fully saturated rings. The summed E-state index contributed by atoms with van der Waals surface area (Å²) in [6.45, 7) is 4.87. The summed E-state index contributed by atoms with van der Waals surface area (Å²) in [5.41, 5.74) is -0.562. The van der Waals surface area contributed by atoms with Gasteiger partial charge in [-0.2, -0.15) is 0 Å². The van der Waals surface area contributed by atoms with E-state index in [1.807, 2.05) is 0 Å². The molecular formula is C10H20O6. The second kappa shape index (κ2) is 4.95. The predicted octanol–water partition coefficient (Wildman–Crippen LogP) is -1.40. The standard InChI is InChI=1S/C10H20O6/c1-10(2,3)16-9-8(14)7(13)6(12)5(4-11)15-9/h5-9,11-14H,4H2,1-3H3/t5-,6+,7+,8-,9+/m1/s1. The van der Waals surface area contributed by atoms with Gasteiger partial charge in [-0.1, -0.05) is 0 Å². The van der Waals surface area contributed by atoms with Crippen molar-refractivity contribution in [1.29, 1.82) is 0 Å². The van der Waals surface area contributed by atoms with Crippen LogP contribution in [-0.4, -0.2) is 63.3 Å². The van der Waals surface area contributed by atoms with Crippen molar-refractivity contribution in [3.8, 4) is 0 Å². The molecule has 0 bridgehead atoms. The summed E-state index contributed by atoms with van der Waals surface area (Å²) < 4.78 is 10.6. The highest BCUT2D eigenvalue weighted by Crippen LogP contribution is 2.25. The lowest BCUT2D eigenvalue weighted by Gasteiger charge is -2.41. The molecule has 96 valence electrons.